The highest BCUT2D eigenvalue weighted by atomic mass is 32.2. The Morgan fingerprint density at radius 2 is 1.69 bits per heavy atom. The van der Waals surface area contributed by atoms with Crippen LogP contribution in [0.3, 0.4) is 0 Å². The number of thioether (sulfide) groups is 1. The molecule has 5 heteroatoms. The standard InChI is InChI=1S/C24H23N3OS/c1-3-14-29-21-15-17(2)25-24-23(21)20(28)16-22(26-18-10-6-4-7-11-18)27(24)19-12-8-5-9-13-19/h4-13,15-16,26H,3,14H2,1-2H3. The van der Waals surface area contributed by atoms with Crippen LogP contribution in [0.5, 0.6) is 0 Å². The Morgan fingerprint density at radius 1 is 1.00 bits per heavy atom. The molecule has 4 aromatic rings. The highest BCUT2D eigenvalue weighted by molar-refractivity contribution is 7.99. The lowest BCUT2D eigenvalue weighted by Gasteiger charge is -2.19. The second-order valence-electron chi connectivity index (χ2n) is 6.86. The first-order valence-corrected chi connectivity index (χ1v) is 10.7. The number of benzene rings is 2. The van der Waals surface area contributed by atoms with Crippen LogP contribution in [0.15, 0.2) is 82.5 Å². The molecule has 29 heavy (non-hydrogen) atoms. The zero-order valence-corrected chi connectivity index (χ0v) is 17.4. The van der Waals surface area contributed by atoms with Gasteiger partial charge in [-0.25, -0.2) is 4.98 Å². The van der Waals surface area contributed by atoms with E-state index in [-0.39, 0.29) is 5.43 Å². The van der Waals surface area contributed by atoms with Crippen molar-refractivity contribution < 1.29 is 0 Å². The lowest BCUT2D eigenvalue weighted by atomic mass is 10.2. The van der Waals surface area contributed by atoms with Crippen molar-refractivity contribution >= 4 is 34.3 Å². The second kappa shape index (κ2) is 8.53. The van der Waals surface area contributed by atoms with E-state index in [1.807, 2.05) is 78.2 Å². The Morgan fingerprint density at radius 3 is 2.38 bits per heavy atom. The quantitative estimate of drug-likeness (QED) is 0.406. The van der Waals surface area contributed by atoms with E-state index in [0.29, 0.717) is 16.9 Å². The summed E-state index contributed by atoms with van der Waals surface area (Å²) in [7, 11) is 0. The van der Waals surface area contributed by atoms with Gasteiger partial charge in [0.25, 0.3) is 0 Å². The minimum Gasteiger partial charge on any atom is -0.341 e. The van der Waals surface area contributed by atoms with Crippen molar-refractivity contribution in [2.24, 2.45) is 0 Å². The second-order valence-corrected chi connectivity index (χ2v) is 8.00. The Bertz CT molecular complexity index is 1190. The number of pyridine rings is 2. The van der Waals surface area contributed by atoms with Gasteiger partial charge in [-0.05, 0) is 49.4 Å². The summed E-state index contributed by atoms with van der Waals surface area (Å²) >= 11 is 1.72. The van der Waals surface area contributed by atoms with Crippen LogP contribution in [0.4, 0.5) is 11.5 Å². The van der Waals surface area contributed by atoms with Gasteiger partial charge in [-0.1, -0.05) is 43.3 Å². The molecule has 4 rings (SSSR count). The number of fused-ring (bicyclic) bond motifs is 1. The van der Waals surface area contributed by atoms with Crippen LogP contribution in [-0.4, -0.2) is 15.3 Å². The van der Waals surface area contributed by atoms with Crippen LogP contribution in [0.25, 0.3) is 16.7 Å². The summed E-state index contributed by atoms with van der Waals surface area (Å²) in [4.78, 5) is 19.0. The topological polar surface area (TPSA) is 46.9 Å². The first kappa shape index (κ1) is 19.3. The molecule has 2 heterocycles. The average Bonchev–Trinajstić information content (AvgIpc) is 2.73. The number of nitrogens with one attached hydrogen (secondary N) is 1. The molecule has 0 aliphatic heterocycles. The zero-order chi connectivity index (χ0) is 20.2. The molecule has 146 valence electrons. The van der Waals surface area contributed by atoms with Crippen molar-refractivity contribution in [3.05, 3.63) is 88.7 Å². The van der Waals surface area contributed by atoms with Gasteiger partial charge in [0.2, 0.25) is 0 Å². The monoisotopic (exact) mass is 401 g/mol. The summed E-state index contributed by atoms with van der Waals surface area (Å²) in [6.45, 7) is 4.12. The van der Waals surface area contributed by atoms with Gasteiger partial charge in [0.15, 0.2) is 11.1 Å². The molecule has 0 saturated carbocycles. The minimum atomic E-state index is -0.0169. The summed E-state index contributed by atoms with van der Waals surface area (Å²) in [6.07, 6.45) is 1.05. The first-order valence-electron chi connectivity index (χ1n) is 9.75. The SMILES string of the molecule is CCCSc1cc(C)nc2c1c(=O)cc(Nc1ccccc1)n2-c1ccccc1. The van der Waals surface area contributed by atoms with Crippen LogP contribution >= 0.6 is 11.8 Å². The van der Waals surface area contributed by atoms with Crippen LogP contribution in [0.1, 0.15) is 19.0 Å². The Labute approximate surface area is 174 Å². The van der Waals surface area contributed by atoms with Crippen molar-refractivity contribution in [2.75, 3.05) is 11.1 Å². The Hall–Kier alpha value is -3.05. The van der Waals surface area contributed by atoms with E-state index in [1.165, 1.54) is 0 Å². The third-order valence-electron chi connectivity index (χ3n) is 4.58. The smallest absolute Gasteiger partial charge is 0.194 e. The Balaban J connectivity index is 2.01. The number of aryl methyl sites for hydroxylation is 1. The van der Waals surface area contributed by atoms with Gasteiger partial charge in [-0.3, -0.25) is 9.36 Å². The van der Waals surface area contributed by atoms with Gasteiger partial charge < -0.3 is 5.32 Å². The van der Waals surface area contributed by atoms with Crippen LogP contribution < -0.4 is 10.7 Å². The van der Waals surface area contributed by atoms with E-state index in [1.54, 1.807) is 17.8 Å². The van der Waals surface area contributed by atoms with E-state index in [0.717, 1.165) is 34.1 Å². The molecular weight excluding hydrogens is 378 g/mol. The van der Waals surface area contributed by atoms with Crippen molar-refractivity contribution in [3.63, 3.8) is 0 Å². The lowest BCUT2D eigenvalue weighted by molar-refractivity contribution is 1.04. The van der Waals surface area contributed by atoms with Gasteiger partial charge in [0.1, 0.15) is 5.82 Å². The van der Waals surface area contributed by atoms with Crippen molar-refractivity contribution in [1.29, 1.82) is 0 Å². The van der Waals surface area contributed by atoms with Crippen molar-refractivity contribution in [1.82, 2.24) is 9.55 Å². The van der Waals surface area contributed by atoms with E-state index in [9.17, 15) is 4.79 Å². The fourth-order valence-corrected chi connectivity index (χ4v) is 4.34. The number of para-hydroxylation sites is 2. The van der Waals surface area contributed by atoms with Crippen LogP contribution in [0, 0.1) is 6.92 Å². The molecule has 0 aliphatic rings. The van der Waals surface area contributed by atoms with E-state index in [4.69, 9.17) is 4.98 Å². The highest BCUT2D eigenvalue weighted by Gasteiger charge is 2.16. The molecule has 0 unspecified atom stereocenters. The molecule has 0 spiro atoms. The van der Waals surface area contributed by atoms with Crippen LogP contribution in [0.2, 0.25) is 0 Å². The summed E-state index contributed by atoms with van der Waals surface area (Å²) < 4.78 is 2.03. The Kier molecular flexibility index (Phi) is 5.67. The molecule has 0 radical (unpaired) electrons. The van der Waals surface area contributed by atoms with Gasteiger partial charge in [-0.15, -0.1) is 11.8 Å². The molecule has 0 fully saturated rings. The molecule has 0 atom stereocenters. The minimum absolute atomic E-state index is 0.0169. The van der Waals surface area contributed by atoms with Gasteiger partial charge in [0, 0.05) is 28.0 Å². The summed E-state index contributed by atoms with van der Waals surface area (Å²) in [5, 5.41) is 4.08. The predicted molar refractivity (Wildman–Crippen MR) is 123 cm³/mol. The highest BCUT2D eigenvalue weighted by Crippen LogP contribution is 2.30. The summed E-state index contributed by atoms with van der Waals surface area (Å²) in [5.41, 5.74) is 3.44. The normalized spacial score (nSPS) is 11.0. The zero-order valence-electron chi connectivity index (χ0n) is 16.6. The summed E-state index contributed by atoms with van der Waals surface area (Å²) in [5.74, 6) is 1.66. The third-order valence-corrected chi connectivity index (χ3v) is 5.83. The van der Waals surface area contributed by atoms with E-state index < -0.39 is 0 Å². The van der Waals surface area contributed by atoms with Gasteiger partial charge >= 0.3 is 0 Å². The third kappa shape index (κ3) is 4.05. The van der Waals surface area contributed by atoms with E-state index >= 15 is 0 Å². The number of hydrogen-bond donors (Lipinski definition) is 1. The molecule has 2 aromatic heterocycles. The molecule has 2 aromatic carbocycles. The fourth-order valence-electron chi connectivity index (χ4n) is 3.32. The first-order chi connectivity index (χ1) is 14.2. The molecule has 0 saturated heterocycles. The largest absolute Gasteiger partial charge is 0.341 e. The molecule has 0 bridgehead atoms. The maximum Gasteiger partial charge on any atom is 0.194 e. The maximum atomic E-state index is 13.2. The predicted octanol–water partition coefficient (Wildman–Crippen LogP) is 5.94. The lowest BCUT2D eigenvalue weighted by Crippen LogP contribution is -2.14. The number of aromatic nitrogens is 2. The van der Waals surface area contributed by atoms with Crippen molar-refractivity contribution in [3.8, 4) is 5.69 Å². The van der Waals surface area contributed by atoms with Gasteiger partial charge in [-0.2, -0.15) is 0 Å². The van der Waals surface area contributed by atoms with Gasteiger partial charge in [0.05, 0.1) is 5.39 Å². The summed E-state index contributed by atoms with van der Waals surface area (Å²) in [6, 6.07) is 23.6. The van der Waals surface area contributed by atoms with Crippen molar-refractivity contribution in [2.45, 2.75) is 25.2 Å². The number of hydrogen-bond acceptors (Lipinski definition) is 4. The number of anilines is 2. The molecule has 4 nitrogen and oxygen atoms in total. The van der Waals surface area contributed by atoms with E-state index in [2.05, 4.69) is 12.2 Å². The molecule has 0 aliphatic carbocycles. The number of rotatable bonds is 6. The van der Waals surface area contributed by atoms with Crippen LogP contribution in [-0.2, 0) is 0 Å². The molecule has 1 N–H and O–H groups in total. The fraction of sp³-hybridized carbons (Fsp3) is 0.167. The maximum absolute atomic E-state index is 13.2. The molecular formula is C24H23N3OS. The molecule has 0 amide bonds. The average molecular weight is 402 g/mol. The number of nitrogens with zero attached hydrogens (tertiary/aromatic N) is 2.